The normalized spacial score (nSPS) is 9.57. The van der Waals surface area contributed by atoms with E-state index in [0.717, 1.165) is 0 Å². The fraction of sp³-hybridized carbons (Fsp3) is 0.750. The van der Waals surface area contributed by atoms with Gasteiger partial charge in [-0.15, -0.1) is 11.6 Å². The summed E-state index contributed by atoms with van der Waals surface area (Å²) >= 11 is 5.40. The maximum Gasteiger partial charge on any atom is 0.309 e. The van der Waals surface area contributed by atoms with Crippen LogP contribution in [-0.2, 0) is 14.3 Å². The summed E-state index contributed by atoms with van der Waals surface area (Å²) in [6.45, 7) is 1.14. The molecule has 0 unspecified atom stereocenters. The lowest BCUT2D eigenvalue weighted by Crippen LogP contribution is -2.41. The highest BCUT2D eigenvalue weighted by atomic mass is 35.5. The van der Waals surface area contributed by atoms with Crippen molar-refractivity contribution >= 4 is 23.4 Å². The van der Waals surface area contributed by atoms with Gasteiger partial charge in [0.1, 0.15) is 0 Å². The first-order chi connectivity index (χ1) is 6.72. The third kappa shape index (κ3) is 6.68. The molecule has 0 spiro atoms. The summed E-state index contributed by atoms with van der Waals surface area (Å²) in [7, 11) is 1.52. The number of carbonyl (C=O) groups excluding carboxylic acids is 2. The highest BCUT2D eigenvalue weighted by Gasteiger charge is 2.10. The fourth-order valence-corrected chi connectivity index (χ4v) is 0.830. The summed E-state index contributed by atoms with van der Waals surface area (Å²) in [5.41, 5.74) is 0. The molecule has 0 aliphatic heterocycles. The Kier molecular flexibility index (Phi) is 8.27. The Labute approximate surface area is 88.1 Å². The lowest BCUT2D eigenvalue weighted by atomic mass is 10.4. The molecule has 0 bridgehead atoms. The minimum absolute atomic E-state index is 0.332. The molecule has 5 nitrogen and oxygen atoms in total. The van der Waals surface area contributed by atoms with Gasteiger partial charge in [-0.3, -0.25) is 9.59 Å². The van der Waals surface area contributed by atoms with E-state index in [-0.39, 0.29) is 0 Å². The van der Waals surface area contributed by atoms with E-state index in [1.54, 1.807) is 0 Å². The predicted molar refractivity (Wildman–Crippen MR) is 53.2 cm³/mol. The molecule has 0 aromatic carbocycles. The van der Waals surface area contributed by atoms with Gasteiger partial charge < -0.3 is 15.4 Å². The van der Waals surface area contributed by atoms with Crippen LogP contribution in [0.1, 0.15) is 6.42 Å². The number of rotatable bonds is 6. The quantitative estimate of drug-likeness (QED) is 0.362. The molecule has 0 rings (SSSR count). The smallest absolute Gasteiger partial charge is 0.309 e. The molecule has 0 radical (unpaired) electrons. The van der Waals surface area contributed by atoms with Gasteiger partial charge in [-0.1, -0.05) is 0 Å². The molecule has 0 atom stereocenters. The molecule has 0 heterocycles. The molecule has 0 aliphatic rings. The molecular weight excluding hydrogens is 208 g/mol. The van der Waals surface area contributed by atoms with Crippen molar-refractivity contribution in [1.29, 1.82) is 0 Å². The Bertz CT molecular complexity index is 167. The minimum Gasteiger partial charge on any atom is -0.383 e. The van der Waals surface area contributed by atoms with E-state index in [2.05, 4.69) is 10.6 Å². The summed E-state index contributed by atoms with van der Waals surface area (Å²) < 4.78 is 4.71. The topological polar surface area (TPSA) is 67.4 Å². The standard InChI is InChI=1S/C8H15ClN2O3/c1-14-6-5-11-8(13)7(12)10-4-2-3-9/h2-6H2,1H3,(H,10,12)(H,11,13). The Morgan fingerprint density at radius 2 is 1.79 bits per heavy atom. The van der Waals surface area contributed by atoms with Crippen molar-refractivity contribution in [2.75, 3.05) is 32.7 Å². The molecule has 0 saturated heterocycles. The Morgan fingerprint density at radius 1 is 1.21 bits per heavy atom. The van der Waals surface area contributed by atoms with E-state index in [1.807, 2.05) is 0 Å². The van der Waals surface area contributed by atoms with Crippen LogP contribution in [0.25, 0.3) is 0 Å². The molecular formula is C8H15ClN2O3. The highest BCUT2D eigenvalue weighted by molar-refractivity contribution is 6.35. The molecule has 82 valence electrons. The Hall–Kier alpha value is -0.810. The van der Waals surface area contributed by atoms with Crippen molar-refractivity contribution in [2.24, 2.45) is 0 Å². The SMILES string of the molecule is COCCNC(=O)C(=O)NCCCCl. The van der Waals surface area contributed by atoms with Gasteiger partial charge in [0.15, 0.2) is 0 Å². The van der Waals surface area contributed by atoms with Crippen LogP contribution in [0.4, 0.5) is 0 Å². The van der Waals surface area contributed by atoms with Gasteiger partial charge in [0.25, 0.3) is 0 Å². The third-order valence-electron chi connectivity index (χ3n) is 1.39. The molecule has 2 N–H and O–H groups in total. The van der Waals surface area contributed by atoms with Crippen LogP contribution >= 0.6 is 11.6 Å². The number of hydrogen-bond donors (Lipinski definition) is 2. The number of nitrogens with one attached hydrogen (secondary N) is 2. The zero-order valence-corrected chi connectivity index (χ0v) is 8.89. The van der Waals surface area contributed by atoms with Crippen LogP contribution in [0.15, 0.2) is 0 Å². The number of halogens is 1. The first kappa shape index (κ1) is 13.2. The number of alkyl halides is 1. The number of amides is 2. The molecule has 0 aliphatic carbocycles. The van der Waals surface area contributed by atoms with Crippen LogP contribution in [0.2, 0.25) is 0 Å². The summed E-state index contributed by atoms with van der Waals surface area (Å²) in [5, 5.41) is 4.84. The second kappa shape index (κ2) is 8.77. The monoisotopic (exact) mass is 222 g/mol. The van der Waals surface area contributed by atoms with E-state index in [4.69, 9.17) is 16.3 Å². The zero-order valence-electron chi connectivity index (χ0n) is 8.14. The molecule has 6 heteroatoms. The fourth-order valence-electron chi connectivity index (χ4n) is 0.696. The lowest BCUT2D eigenvalue weighted by Gasteiger charge is -2.04. The molecule has 0 aromatic rings. The van der Waals surface area contributed by atoms with E-state index in [1.165, 1.54) is 7.11 Å². The van der Waals surface area contributed by atoms with Crippen molar-refractivity contribution in [1.82, 2.24) is 10.6 Å². The minimum atomic E-state index is -0.642. The maximum absolute atomic E-state index is 11.0. The number of methoxy groups -OCH3 is 1. The van der Waals surface area contributed by atoms with Crippen LogP contribution in [-0.4, -0.2) is 44.5 Å². The van der Waals surface area contributed by atoms with Gasteiger partial charge in [-0.05, 0) is 6.42 Å². The summed E-state index contributed by atoms with van der Waals surface area (Å²) in [4.78, 5) is 22.0. The van der Waals surface area contributed by atoms with Gasteiger partial charge in [0.05, 0.1) is 6.61 Å². The number of ether oxygens (including phenoxy) is 1. The molecule has 14 heavy (non-hydrogen) atoms. The second-order valence-electron chi connectivity index (χ2n) is 2.55. The van der Waals surface area contributed by atoms with Crippen LogP contribution < -0.4 is 10.6 Å². The third-order valence-corrected chi connectivity index (χ3v) is 1.66. The molecule has 0 aromatic heterocycles. The van der Waals surface area contributed by atoms with Crippen LogP contribution in [0.3, 0.4) is 0 Å². The first-order valence-corrected chi connectivity index (χ1v) is 4.86. The van der Waals surface area contributed by atoms with Gasteiger partial charge in [-0.25, -0.2) is 0 Å². The van der Waals surface area contributed by atoms with Gasteiger partial charge in [0.2, 0.25) is 0 Å². The summed E-state index contributed by atoms with van der Waals surface area (Å²) in [5.74, 6) is -0.811. The summed E-state index contributed by atoms with van der Waals surface area (Å²) in [6, 6.07) is 0. The van der Waals surface area contributed by atoms with Gasteiger partial charge >= 0.3 is 11.8 Å². The average Bonchev–Trinajstić information content (AvgIpc) is 2.18. The number of hydrogen-bond acceptors (Lipinski definition) is 3. The predicted octanol–water partition coefficient (Wildman–Crippen LogP) is -0.506. The average molecular weight is 223 g/mol. The van der Waals surface area contributed by atoms with E-state index < -0.39 is 11.8 Å². The van der Waals surface area contributed by atoms with E-state index >= 15 is 0 Å². The van der Waals surface area contributed by atoms with Crippen molar-refractivity contribution in [3.8, 4) is 0 Å². The molecule has 0 saturated carbocycles. The number of carbonyl (C=O) groups is 2. The van der Waals surface area contributed by atoms with Crippen molar-refractivity contribution < 1.29 is 14.3 Å². The van der Waals surface area contributed by atoms with Gasteiger partial charge in [-0.2, -0.15) is 0 Å². The van der Waals surface area contributed by atoms with Crippen molar-refractivity contribution in [3.63, 3.8) is 0 Å². The highest BCUT2D eigenvalue weighted by Crippen LogP contribution is 1.80. The van der Waals surface area contributed by atoms with E-state index in [9.17, 15) is 9.59 Å². The maximum atomic E-state index is 11.0. The van der Waals surface area contributed by atoms with E-state index in [0.29, 0.717) is 32.0 Å². The van der Waals surface area contributed by atoms with Crippen molar-refractivity contribution in [2.45, 2.75) is 6.42 Å². The Morgan fingerprint density at radius 3 is 2.29 bits per heavy atom. The lowest BCUT2D eigenvalue weighted by molar-refractivity contribution is -0.139. The molecule has 0 fully saturated rings. The van der Waals surface area contributed by atoms with Gasteiger partial charge in [0, 0.05) is 26.1 Å². The first-order valence-electron chi connectivity index (χ1n) is 4.33. The zero-order chi connectivity index (χ0) is 10.8. The van der Waals surface area contributed by atoms with Crippen LogP contribution in [0, 0.1) is 0 Å². The van der Waals surface area contributed by atoms with Crippen LogP contribution in [0.5, 0.6) is 0 Å². The van der Waals surface area contributed by atoms with Crippen molar-refractivity contribution in [3.05, 3.63) is 0 Å². The molecule has 2 amide bonds. The summed E-state index contributed by atoms with van der Waals surface area (Å²) in [6.07, 6.45) is 0.651. The Balaban J connectivity index is 3.50. The second-order valence-corrected chi connectivity index (χ2v) is 2.93. The largest absolute Gasteiger partial charge is 0.383 e.